The molecule has 1 saturated carbocycles. The zero-order chi connectivity index (χ0) is 45.1. The summed E-state index contributed by atoms with van der Waals surface area (Å²) in [5.41, 5.74) is 2.77. The number of rotatable bonds is 22. The molecule has 4 aliphatic rings. The van der Waals surface area contributed by atoms with E-state index in [1.54, 1.807) is 22.7 Å². The van der Waals surface area contributed by atoms with Crippen molar-refractivity contribution in [2.45, 2.75) is 101 Å². The van der Waals surface area contributed by atoms with Gasteiger partial charge in [-0.1, -0.05) is 54.4 Å². The van der Waals surface area contributed by atoms with Crippen molar-refractivity contribution in [2.75, 3.05) is 51.5 Å². The molecule has 14 heteroatoms. The smallest absolute Gasteiger partial charge is 0.410 e. The molecule has 3 aromatic carbocycles. The van der Waals surface area contributed by atoms with Gasteiger partial charge in [-0.25, -0.2) is 4.79 Å². The van der Waals surface area contributed by atoms with Crippen LogP contribution in [-0.4, -0.2) is 95.8 Å². The maximum absolute atomic E-state index is 14.7. The topological polar surface area (TPSA) is 138 Å². The number of alkyl halides is 1. The van der Waals surface area contributed by atoms with Crippen LogP contribution in [0.25, 0.3) is 0 Å². The molecule has 2 aliphatic heterocycles. The molecule has 346 valence electrons. The predicted octanol–water partition coefficient (Wildman–Crippen LogP) is 9.90. The number of ether oxygens (including phenoxy) is 6. The molecular weight excluding hydrogens is 856 g/mol. The minimum absolute atomic E-state index is 0.00464. The van der Waals surface area contributed by atoms with Crippen molar-refractivity contribution in [3.63, 3.8) is 0 Å². The van der Waals surface area contributed by atoms with Crippen LogP contribution in [0.1, 0.15) is 82.8 Å². The summed E-state index contributed by atoms with van der Waals surface area (Å²) in [7, 11) is 0. The van der Waals surface area contributed by atoms with Gasteiger partial charge in [0.25, 0.3) is 0 Å². The van der Waals surface area contributed by atoms with Gasteiger partial charge in [-0.2, -0.15) is 0 Å². The molecular formula is C50H63ClN2O10S. The first kappa shape index (κ1) is 47.6. The average Bonchev–Trinajstić information content (AvgIpc) is 3.77. The van der Waals surface area contributed by atoms with Crippen LogP contribution >= 0.6 is 23.4 Å². The summed E-state index contributed by atoms with van der Waals surface area (Å²) in [6.07, 6.45) is 8.24. The van der Waals surface area contributed by atoms with Crippen LogP contribution in [-0.2, 0) is 20.9 Å². The largest absolute Gasteiger partial charge is 0.493 e. The van der Waals surface area contributed by atoms with Crippen molar-refractivity contribution < 1.29 is 48.3 Å². The first-order valence-corrected chi connectivity index (χ1v) is 24.1. The number of amides is 1. The SMILES string of the molecule is C=CCO[C@@]12Oc3ccc(OCCSc4ccccc4)cc3[C@H]3[C@H](CCCCO)[C@@H](CCCCO)C=C(C(=NOC(C)(C)C)C[C@@H]1N(Cc1ccc4c(c1)OCO4)C(=O)OCCCl)[C@H]32. The Labute approximate surface area is 386 Å². The third-order valence-electron chi connectivity index (χ3n) is 12.1. The number of carbonyl (C=O) groups excluding carboxylic acids is 1. The Bertz CT molecular complexity index is 2100. The summed E-state index contributed by atoms with van der Waals surface area (Å²) in [4.78, 5) is 23.8. The van der Waals surface area contributed by atoms with Gasteiger partial charge < -0.3 is 43.5 Å². The number of oxime groups is 1. The van der Waals surface area contributed by atoms with E-state index in [0.29, 0.717) is 42.4 Å². The first-order chi connectivity index (χ1) is 31.1. The second kappa shape index (κ2) is 22.2. The van der Waals surface area contributed by atoms with Crippen LogP contribution in [0.2, 0.25) is 0 Å². The lowest BCUT2D eigenvalue weighted by Crippen LogP contribution is -2.70. The normalized spacial score (nSPS) is 23.6. The van der Waals surface area contributed by atoms with Crippen LogP contribution < -0.4 is 18.9 Å². The Hall–Kier alpha value is -4.40. The molecule has 2 aliphatic carbocycles. The van der Waals surface area contributed by atoms with E-state index in [0.717, 1.165) is 53.9 Å². The summed E-state index contributed by atoms with van der Waals surface area (Å²) in [5.74, 6) is 1.37. The number of halogens is 1. The molecule has 2 heterocycles. The average molecular weight is 920 g/mol. The van der Waals surface area contributed by atoms with Crippen molar-refractivity contribution in [3.05, 3.63) is 102 Å². The minimum atomic E-state index is -1.48. The highest BCUT2D eigenvalue weighted by atomic mass is 35.5. The van der Waals surface area contributed by atoms with Crippen molar-refractivity contribution in [2.24, 2.45) is 22.9 Å². The van der Waals surface area contributed by atoms with Gasteiger partial charge in [0, 0.05) is 48.3 Å². The number of allylic oxidation sites excluding steroid dienone is 1. The van der Waals surface area contributed by atoms with Crippen LogP contribution in [0.3, 0.4) is 0 Å². The molecule has 0 bridgehead atoms. The highest BCUT2D eigenvalue weighted by molar-refractivity contribution is 7.99. The number of benzene rings is 3. The molecule has 0 aromatic heterocycles. The Morgan fingerprint density at radius 3 is 2.50 bits per heavy atom. The van der Waals surface area contributed by atoms with Gasteiger partial charge in [0.05, 0.1) is 30.7 Å². The number of fused-ring (bicyclic) bond motifs is 3. The van der Waals surface area contributed by atoms with Crippen LogP contribution in [0.15, 0.2) is 101 Å². The Morgan fingerprint density at radius 1 is 0.984 bits per heavy atom. The lowest BCUT2D eigenvalue weighted by molar-refractivity contribution is -0.256. The van der Waals surface area contributed by atoms with Gasteiger partial charge in [-0.05, 0) is 112 Å². The van der Waals surface area contributed by atoms with Crippen LogP contribution in [0.4, 0.5) is 4.79 Å². The fraction of sp³-hybridized carbons (Fsp3) is 0.520. The molecule has 1 amide bonds. The van der Waals surface area contributed by atoms with Gasteiger partial charge in [0.2, 0.25) is 12.6 Å². The fourth-order valence-corrected chi connectivity index (χ4v) is 10.3. The predicted molar refractivity (Wildman–Crippen MR) is 249 cm³/mol. The molecule has 3 aromatic rings. The molecule has 6 atom stereocenters. The quantitative estimate of drug-likeness (QED) is 0.0328. The van der Waals surface area contributed by atoms with Gasteiger partial charge >= 0.3 is 6.09 Å². The number of carbonyl (C=O) groups is 1. The molecule has 64 heavy (non-hydrogen) atoms. The fourth-order valence-electron chi connectivity index (χ4n) is 9.51. The van der Waals surface area contributed by atoms with Crippen molar-refractivity contribution >= 4 is 35.2 Å². The second-order valence-electron chi connectivity index (χ2n) is 17.6. The number of unbranched alkanes of at least 4 members (excludes halogenated alkanes) is 2. The van der Waals surface area contributed by atoms with E-state index < -0.39 is 29.4 Å². The van der Waals surface area contributed by atoms with E-state index in [2.05, 4.69) is 30.9 Å². The first-order valence-electron chi connectivity index (χ1n) is 22.5. The van der Waals surface area contributed by atoms with Crippen molar-refractivity contribution in [3.8, 4) is 23.0 Å². The summed E-state index contributed by atoms with van der Waals surface area (Å²) >= 11 is 7.87. The van der Waals surface area contributed by atoms with E-state index >= 15 is 0 Å². The summed E-state index contributed by atoms with van der Waals surface area (Å²) in [6.45, 7) is 10.9. The zero-order valence-electron chi connectivity index (χ0n) is 37.3. The zero-order valence-corrected chi connectivity index (χ0v) is 38.8. The lowest BCUT2D eigenvalue weighted by Gasteiger charge is -2.60. The van der Waals surface area contributed by atoms with Crippen molar-refractivity contribution in [1.29, 1.82) is 0 Å². The van der Waals surface area contributed by atoms with E-state index in [-0.39, 0.29) is 69.8 Å². The Balaban J connectivity index is 1.40. The van der Waals surface area contributed by atoms with E-state index in [9.17, 15) is 15.0 Å². The highest BCUT2D eigenvalue weighted by Crippen LogP contribution is 2.62. The Morgan fingerprint density at radius 2 is 1.75 bits per heavy atom. The molecule has 0 unspecified atom stereocenters. The molecule has 0 spiro atoms. The highest BCUT2D eigenvalue weighted by Gasteiger charge is 2.65. The van der Waals surface area contributed by atoms with Crippen LogP contribution in [0.5, 0.6) is 23.0 Å². The molecule has 12 nitrogen and oxygen atoms in total. The van der Waals surface area contributed by atoms with E-state index in [1.165, 1.54) is 4.90 Å². The monoisotopic (exact) mass is 918 g/mol. The summed E-state index contributed by atoms with van der Waals surface area (Å²) in [6, 6.07) is 21.1. The minimum Gasteiger partial charge on any atom is -0.493 e. The third-order valence-corrected chi connectivity index (χ3v) is 13.3. The summed E-state index contributed by atoms with van der Waals surface area (Å²) < 4.78 is 38.3. The number of aliphatic hydroxyl groups is 2. The standard InChI is InChI=1S/C50H63ClN2O10S/c1-5-24-61-50-45(53(48(56)58-25-21-51)32-34-17-19-43-44(28-34)60-33-59-43)31-41(52-63-49(2,3)4)39-29-35(13-9-11-22-54)38(16-10-12-23-55)46(47(39)50)40-30-36(18-20-42(40)62-50)57-26-27-64-37-14-7-6-8-15-37/h5-8,14-15,17-20,28-30,35,38,45-47,54-55H,1,9-13,16,21-27,31-33H2,2-4H3/t35-,38+,45-,46+,47+,50+/m0/s1. The van der Waals surface area contributed by atoms with Crippen molar-refractivity contribution in [1.82, 2.24) is 4.90 Å². The number of nitrogens with zero attached hydrogens (tertiary/aromatic N) is 2. The summed E-state index contributed by atoms with van der Waals surface area (Å²) in [5, 5.41) is 24.9. The van der Waals surface area contributed by atoms with Crippen LogP contribution in [0, 0.1) is 17.8 Å². The molecule has 0 radical (unpaired) electrons. The third kappa shape index (κ3) is 11.2. The number of hydrogen-bond donors (Lipinski definition) is 2. The van der Waals surface area contributed by atoms with Gasteiger partial charge in [-0.3, -0.25) is 4.90 Å². The molecule has 7 rings (SSSR count). The maximum Gasteiger partial charge on any atom is 0.410 e. The number of hydrogen-bond acceptors (Lipinski definition) is 12. The van der Waals surface area contributed by atoms with E-state index in [1.807, 2.05) is 69.3 Å². The van der Waals surface area contributed by atoms with E-state index in [4.69, 9.17) is 50.0 Å². The number of thioether (sulfide) groups is 1. The maximum atomic E-state index is 14.7. The molecule has 2 N–H and O–H groups in total. The number of aliphatic hydroxyl groups excluding tert-OH is 2. The second-order valence-corrected chi connectivity index (χ2v) is 19.2. The van der Waals surface area contributed by atoms with Gasteiger partial charge in [0.15, 0.2) is 11.5 Å². The van der Waals surface area contributed by atoms with Gasteiger partial charge in [-0.15, -0.1) is 29.9 Å². The molecule has 0 saturated heterocycles. The lowest BCUT2D eigenvalue weighted by atomic mass is 9.55. The Kier molecular flexibility index (Phi) is 16.5. The molecule has 1 fully saturated rings. The van der Waals surface area contributed by atoms with Gasteiger partial charge in [0.1, 0.15) is 29.7 Å².